The molecule has 0 radical (unpaired) electrons. The Morgan fingerprint density at radius 1 is 1.40 bits per heavy atom. The Hall–Kier alpha value is -0.610. The van der Waals surface area contributed by atoms with E-state index in [-0.39, 0.29) is 15.1 Å². The zero-order valence-corrected chi connectivity index (χ0v) is 8.97. The van der Waals surface area contributed by atoms with Gasteiger partial charge in [-0.25, -0.2) is 4.39 Å². The van der Waals surface area contributed by atoms with Crippen molar-refractivity contribution in [1.29, 1.82) is 0 Å². The molecule has 15 heavy (non-hydrogen) atoms. The first-order valence-corrected chi connectivity index (χ1v) is 4.75. The van der Waals surface area contributed by atoms with Crippen LogP contribution in [0.2, 0.25) is 0 Å². The Labute approximate surface area is 113 Å². The molecular weight excluding hydrogens is 259 g/mol. The summed E-state index contributed by atoms with van der Waals surface area (Å²) < 4.78 is 99.8. The Kier molecular flexibility index (Phi) is 1.11. The standard InChI is InChI=1S/C11H14BrFN2/c1-14-4-6-15(7-5-14)9-2-3-11(13)10(12)8-9/h2-3,8H,4-7H2,1H3/i1D3,4D2,5D2,6D2,7D2. The van der Waals surface area contributed by atoms with Gasteiger partial charge in [-0.15, -0.1) is 0 Å². The Balaban J connectivity index is 2.80. The van der Waals surface area contributed by atoms with E-state index in [1.807, 2.05) is 0 Å². The molecule has 1 fully saturated rings. The van der Waals surface area contributed by atoms with Crippen LogP contribution in [0.1, 0.15) is 15.1 Å². The molecule has 1 heterocycles. The van der Waals surface area contributed by atoms with Gasteiger partial charge < -0.3 is 9.80 Å². The van der Waals surface area contributed by atoms with Crippen molar-refractivity contribution in [2.24, 2.45) is 0 Å². The van der Waals surface area contributed by atoms with Gasteiger partial charge in [0.05, 0.1) is 9.96 Å². The fourth-order valence-corrected chi connectivity index (χ4v) is 1.38. The molecule has 1 aliphatic heterocycles. The van der Waals surface area contributed by atoms with Crippen molar-refractivity contribution in [3.05, 3.63) is 28.5 Å². The Morgan fingerprint density at radius 3 is 2.73 bits per heavy atom. The summed E-state index contributed by atoms with van der Waals surface area (Å²) in [6.45, 7) is -17.0. The molecule has 0 N–H and O–H groups in total. The minimum absolute atomic E-state index is 0.159. The van der Waals surface area contributed by atoms with Crippen molar-refractivity contribution in [3.8, 4) is 0 Å². The fourth-order valence-electron chi connectivity index (χ4n) is 1.01. The minimum Gasteiger partial charge on any atom is -0.369 e. The molecule has 0 spiro atoms. The first kappa shape index (κ1) is 3.70. The highest BCUT2D eigenvalue weighted by atomic mass is 79.9. The van der Waals surface area contributed by atoms with Crippen LogP contribution in [0, 0.1) is 5.82 Å². The highest BCUT2D eigenvalue weighted by molar-refractivity contribution is 9.10. The first-order valence-electron chi connectivity index (χ1n) is 9.46. The van der Waals surface area contributed by atoms with Crippen LogP contribution in [0.3, 0.4) is 0 Å². The van der Waals surface area contributed by atoms with Gasteiger partial charge in [0.15, 0.2) is 0 Å². The Morgan fingerprint density at radius 2 is 2.13 bits per heavy atom. The van der Waals surface area contributed by atoms with Gasteiger partial charge in [-0.3, -0.25) is 0 Å². The molecule has 2 nitrogen and oxygen atoms in total. The summed E-state index contributed by atoms with van der Waals surface area (Å²) in [6, 6.07) is 2.78. The molecule has 1 aliphatic rings. The number of nitrogens with zero attached hydrogens (tertiary/aromatic N) is 2. The maximum Gasteiger partial charge on any atom is 0.137 e. The normalized spacial score (nSPS) is 43.3. The molecule has 0 atom stereocenters. The summed E-state index contributed by atoms with van der Waals surface area (Å²) in [4.78, 5) is -0.255. The molecule has 4 heteroatoms. The van der Waals surface area contributed by atoms with E-state index in [1.54, 1.807) is 0 Å². The maximum atomic E-state index is 13.5. The van der Waals surface area contributed by atoms with Crippen LogP contribution in [-0.4, -0.2) is 37.9 Å². The second kappa shape index (κ2) is 4.49. The van der Waals surface area contributed by atoms with Gasteiger partial charge in [-0.1, -0.05) is 0 Å². The molecule has 0 aromatic heterocycles. The number of anilines is 1. The lowest BCUT2D eigenvalue weighted by atomic mass is 10.2. The summed E-state index contributed by atoms with van der Waals surface area (Å²) in [7, 11) is 0. The number of likely N-dealkylation sites (N-methyl/N-ethyl adjacent to an activating group) is 1. The van der Waals surface area contributed by atoms with E-state index in [0.29, 0.717) is 0 Å². The molecule has 82 valence electrons. The molecule has 2 rings (SSSR count). The van der Waals surface area contributed by atoms with Gasteiger partial charge in [0.25, 0.3) is 0 Å². The second-order valence-electron chi connectivity index (χ2n) is 2.72. The minimum atomic E-state index is -3.47. The molecule has 1 aromatic rings. The quantitative estimate of drug-likeness (QED) is 0.781. The van der Waals surface area contributed by atoms with Gasteiger partial charge in [0.2, 0.25) is 0 Å². The lowest BCUT2D eigenvalue weighted by molar-refractivity contribution is 0.313. The van der Waals surface area contributed by atoms with Crippen molar-refractivity contribution in [1.82, 2.24) is 4.90 Å². The summed E-state index contributed by atoms with van der Waals surface area (Å²) in [6.07, 6.45) is 0. The van der Waals surface area contributed by atoms with E-state index >= 15 is 0 Å². The van der Waals surface area contributed by atoms with Gasteiger partial charge in [-0.05, 0) is 41.1 Å². The first-order chi connectivity index (χ1) is 11.4. The summed E-state index contributed by atoms with van der Waals surface area (Å²) >= 11 is 2.85. The van der Waals surface area contributed by atoms with Crippen molar-refractivity contribution in [2.45, 2.75) is 0 Å². The molecule has 0 bridgehead atoms. The van der Waals surface area contributed by atoms with Crippen molar-refractivity contribution in [2.75, 3.05) is 37.9 Å². The van der Waals surface area contributed by atoms with E-state index in [2.05, 4.69) is 15.9 Å². The zero-order chi connectivity index (χ0) is 20.5. The summed E-state index contributed by atoms with van der Waals surface area (Å²) in [5.41, 5.74) is -0.369. The highest BCUT2D eigenvalue weighted by Gasteiger charge is 2.14. The largest absolute Gasteiger partial charge is 0.369 e. The van der Waals surface area contributed by atoms with E-state index in [4.69, 9.17) is 15.1 Å². The van der Waals surface area contributed by atoms with Crippen LogP contribution >= 0.6 is 15.9 Å². The zero-order valence-electron chi connectivity index (χ0n) is 18.4. The van der Waals surface area contributed by atoms with Crippen molar-refractivity contribution in [3.63, 3.8) is 0 Å². The third kappa shape index (κ3) is 2.49. The van der Waals surface area contributed by atoms with Crippen LogP contribution < -0.4 is 4.90 Å². The van der Waals surface area contributed by atoms with Gasteiger partial charge in [0.1, 0.15) is 5.82 Å². The molecule has 0 aliphatic carbocycles. The van der Waals surface area contributed by atoms with Crippen LogP contribution in [0.5, 0.6) is 0 Å². The van der Waals surface area contributed by atoms with Crippen molar-refractivity contribution < 1.29 is 19.5 Å². The van der Waals surface area contributed by atoms with E-state index in [1.165, 1.54) is 0 Å². The lowest BCUT2D eigenvalue weighted by Crippen LogP contribution is -2.44. The molecule has 0 amide bonds. The average Bonchev–Trinajstić information content (AvgIpc) is 2.38. The maximum absolute atomic E-state index is 13.5. The van der Waals surface area contributed by atoms with E-state index in [9.17, 15) is 4.39 Å². The topological polar surface area (TPSA) is 6.48 Å². The molecule has 0 saturated carbocycles. The SMILES string of the molecule is [2H]C([2H])([2H])N1C([2H])([2H])C([2H])([2H])N(c2ccc(F)c(Br)c2)C([2H])([2H])C1([2H])[2H]. The summed E-state index contributed by atoms with van der Waals surface area (Å²) in [5.74, 6) is -0.748. The van der Waals surface area contributed by atoms with Crippen molar-refractivity contribution >= 4 is 21.6 Å². The van der Waals surface area contributed by atoms with Gasteiger partial charge in [-0.2, -0.15) is 0 Å². The van der Waals surface area contributed by atoms with Crippen LogP contribution in [0.4, 0.5) is 10.1 Å². The predicted molar refractivity (Wildman–Crippen MR) is 63.8 cm³/mol. The molecule has 1 aromatic carbocycles. The third-order valence-electron chi connectivity index (χ3n) is 1.71. The van der Waals surface area contributed by atoms with Gasteiger partial charge >= 0.3 is 0 Å². The fraction of sp³-hybridized carbons (Fsp3) is 0.455. The predicted octanol–water partition coefficient (Wildman–Crippen LogP) is 2.34. The smallest absolute Gasteiger partial charge is 0.137 e. The average molecular weight is 284 g/mol. The molecule has 0 unspecified atom stereocenters. The number of hydrogen-bond acceptors (Lipinski definition) is 2. The van der Waals surface area contributed by atoms with E-state index in [0.717, 1.165) is 18.2 Å². The number of rotatable bonds is 1. The third-order valence-corrected chi connectivity index (χ3v) is 2.32. The number of piperazine rings is 1. The van der Waals surface area contributed by atoms with E-state index < -0.39 is 43.7 Å². The second-order valence-corrected chi connectivity index (χ2v) is 3.57. The number of benzene rings is 1. The molecule has 1 saturated heterocycles. The monoisotopic (exact) mass is 283 g/mol. The summed E-state index contributed by atoms with van der Waals surface area (Å²) in [5, 5.41) is 0. The van der Waals surface area contributed by atoms with Gasteiger partial charge in [0, 0.05) is 41.3 Å². The van der Waals surface area contributed by atoms with Crippen LogP contribution in [0.25, 0.3) is 0 Å². The molecular formula is C11H14BrFN2. The highest BCUT2D eigenvalue weighted by Crippen LogP contribution is 2.23. The van der Waals surface area contributed by atoms with Crippen LogP contribution in [0.15, 0.2) is 22.7 Å². The lowest BCUT2D eigenvalue weighted by Gasteiger charge is -2.34. The number of halogens is 2. The Bertz CT molecular complexity index is 693. The van der Waals surface area contributed by atoms with Crippen LogP contribution in [-0.2, 0) is 0 Å². The number of hydrogen-bond donors (Lipinski definition) is 0.